The molecule has 0 spiro atoms. The molecule has 4 heteroatoms. The lowest BCUT2D eigenvalue weighted by Crippen LogP contribution is -2.12. The standard InChI is InChI=1S/C15H11BrN2O/c1-10-2-7-13(14(16)8-10)15(19)18-12-5-3-11(9-17)4-6-12/h2-8H,1H3,(H,18,19). The molecule has 0 radical (unpaired) electrons. The summed E-state index contributed by atoms with van der Waals surface area (Å²) >= 11 is 3.38. The summed E-state index contributed by atoms with van der Waals surface area (Å²) in [7, 11) is 0. The van der Waals surface area contributed by atoms with Crippen LogP contribution >= 0.6 is 15.9 Å². The normalized spacial score (nSPS) is 9.74. The van der Waals surface area contributed by atoms with Gasteiger partial charge in [0, 0.05) is 10.2 Å². The third kappa shape index (κ3) is 3.21. The van der Waals surface area contributed by atoms with E-state index in [1.54, 1.807) is 30.3 Å². The Labute approximate surface area is 120 Å². The van der Waals surface area contributed by atoms with Gasteiger partial charge in [-0.05, 0) is 64.8 Å². The topological polar surface area (TPSA) is 52.9 Å². The molecule has 0 aliphatic heterocycles. The smallest absolute Gasteiger partial charge is 0.256 e. The zero-order chi connectivity index (χ0) is 13.8. The Morgan fingerprint density at radius 3 is 2.47 bits per heavy atom. The van der Waals surface area contributed by atoms with Gasteiger partial charge >= 0.3 is 0 Å². The maximum Gasteiger partial charge on any atom is 0.256 e. The van der Waals surface area contributed by atoms with Crippen LogP contribution in [0.25, 0.3) is 0 Å². The maximum atomic E-state index is 12.1. The average Bonchev–Trinajstić information content (AvgIpc) is 2.39. The molecular formula is C15H11BrN2O. The molecule has 0 aliphatic carbocycles. The van der Waals surface area contributed by atoms with Crippen LogP contribution in [0.2, 0.25) is 0 Å². The van der Waals surface area contributed by atoms with Crippen molar-refractivity contribution in [1.29, 1.82) is 5.26 Å². The second kappa shape index (κ2) is 5.68. The van der Waals surface area contributed by atoms with Crippen LogP contribution < -0.4 is 5.32 Å². The highest BCUT2D eigenvalue weighted by atomic mass is 79.9. The Balaban J connectivity index is 2.18. The van der Waals surface area contributed by atoms with Gasteiger partial charge in [0.2, 0.25) is 0 Å². The van der Waals surface area contributed by atoms with Gasteiger partial charge in [-0.25, -0.2) is 0 Å². The molecule has 19 heavy (non-hydrogen) atoms. The minimum atomic E-state index is -0.184. The van der Waals surface area contributed by atoms with Gasteiger partial charge in [-0.2, -0.15) is 5.26 Å². The SMILES string of the molecule is Cc1ccc(C(=O)Nc2ccc(C#N)cc2)c(Br)c1. The first-order valence-corrected chi connectivity index (χ1v) is 6.47. The number of nitrogens with zero attached hydrogens (tertiary/aromatic N) is 1. The number of hydrogen-bond acceptors (Lipinski definition) is 2. The molecule has 2 aromatic carbocycles. The van der Waals surface area contributed by atoms with Crippen LogP contribution in [0.1, 0.15) is 21.5 Å². The third-order valence-electron chi connectivity index (χ3n) is 2.64. The highest BCUT2D eigenvalue weighted by Gasteiger charge is 2.10. The molecule has 1 amide bonds. The summed E-state index contributed by atoms with van der Waals surface area (Å²) in [4.78, 5) is 12.1. The molecule has 94 valence electrons. The van der Waals surface area contributed by atoms with E-state index in [1.807, 2.05) is 25.1 Å². The Morgan fingerprint density at radius 2 is 1.89 bits per heavy atom. The Kier molecular flexibility index (Phi) is 3.98. The number of carbonyl (C=O) groups is 1. The quantitative estimate of drug-likeness (QED) is 0.914. The first-order chi connectivity index (χ1) is 9.10. The lowest BCUT2D eigenvalue weighted by atomic mass is 10.1. The summed E-state index contributed by atoms with van der Waals surface area (Å²) in [6, 6.07) is 14.3. The van der Waals surface area contributed by atoms with Crippen molar-refractivity contribution in [3.05, 3.63) is 63.6 Å². The summed E-state index contributed by atoms with van der Waals surface area (Å²) in [5, 5.41) is 11.5. The molecule has 0 bridgehead atoms. The number of anilines is 1. The van der Waals surface area contributed by atoms with E-state index in [1.165, 1.54) is 0 Å². The molecule has 0 saturated heterocycles. The monoisotopic (exact) mass is 314 g/mol. The van der Waals surface area contributed by atoms with Crippen LogP contribution in [0.3, 0.4) is 0 Å². The first kappa shape index (κ1) is 13.3. The fraction of sp³-hybridized carbons (Fsp3) is 0.0667. The van der Waals surface area contributed by atoms with Gasteiger partial charge in [0.05, 0.1) is 17.2 Å². The lowest BCUT2D eigenvalue weighted by Gasteiger charge is -2.07. The van der Waals surface area contributed by atoms with Crippen molar-refractivity contribution >= 4 is 27.5 Å². The van der Waals surface area contributed by atoms with E-state index < -0.39 is 0 Å². The van der Waals surface area contributed by atoms with Crippen molar-refractivity contribution in [2.24, 2.45) is 0 Å². The maximum absolute atomic E-state index is 12.1. The number of aryl methyl sites for hydroxylation is 1. The van der Waals surface area contributed by atoms with Crippen LogP contribution in [-0.4, -0.2) is 5.91 Å². The molecule has 3 nitrogen and oxygen atoms in total. The van der Waals surface area contributed by atoms with Crippen molar-refractivity contribution in [2.75, 3.05) is 5.32 Å². The van der Waals surface area contributed by atoms with Gasteiger partial charge in [-0.15, -0.1) is 0 Å². The van der Waals surface area contributed by atoms with Gasteiger partial charge < -0.3 is 5.32 Å². The number of benzene rings is 2. The van der Waals surface area contributed by atoms with Crippen molar-refractivity contribution in [2.45, 2.75) is 6.92 Å². The van der Waals surface area contributed by atoms with Crippen molar-refractivity contribution < 1.29 is 4.79 Å². The number of halogens is 1. The molecule has 0 aliphatic rings. The molecule has 0 aromatic heterocycles. The van der Waals surface area contributed by atoms with Gasteiger partial charge in [-0.3, -0.25) is 4.79 Å². The van der Waals surface area contributed by atoms with Crippen LogP contribution in [-0.2, 0) is 0 Å². The van der Waals surface area contributed by atoms with Crippen LogP contribution in [0, 0.1) is 18.3 Å². The van der Waals surface area contributed by atoms with Gasteiger partial charge in [0.1, 0.15) is 0 Å². The number of amides is 1. The summed E-state index contributed by atoms with van der Waals surface area (Å²) < 4.78 is 0.763. The van der Waals surface area contributed by atoms with Crippen molar-refractivity contribution in [3.8, 4) is 6.07 Å². The molecule has 2 aromatic rings. The fourth-order valence-corrected chi connectivity index (χ4v) is 2.30. The average molecular weight is 315 g/mol. The summed E-state index contributed by atoms with van der Waals surface area (Å²) in [6.07, 6.45) is 0. The Bertz CT molecular complexity index is 657. The van der Waals surface area contributed by atoms with Crippen LogP contribution in [0.5, 0.6) is 0 Å². The first-order valence-electron chi connectivity index (χ1n) is 5.68. The van der Waals surface area contributed by atoms with Crippen LogP contribution in [0.15, 0.2) is 46.9 Å². The van der Waals surface area contributed by atoms with E-state index in [-0.39, 0.29) is 5.91 Å². The molecule has 2 rings (SSSR count). The zero-order valence-electron chi connectivity index (χ0n) is 10.3. The highest BCUT2D eigenvalue weighted by molar-refractivity contribution is 9.10. The molecular weight excluding hydrogens is 304 g/mol. The number of nitriles is 1. The van der Waals surface area contributed by atoms with Crippen LogP contribution in [0.4, 0.5) is 5.69 Å². The van der Waals surface area contributed by atoms with E-state index in [0.29, 0.717) is 16.8 Å². The van der Waals surface area contributed by atoms with E-state index >= 15 is 0 Å². The molecule has 0 unspecified atom stereocenters. The minimum absolute atomic E-state index is 0.184. The Hall–Kier alpha value is -2.12. The van der Waals surface area contributed by atoms with Crippen molar-refractivity contribution in [3.63, 3.8) is 0 Å². The number of rotatable bonds is 2. The Morgan fingerprint density at radius 1 is 1.21 bits per heavy atom. The molecule has 0 heterocycles. The summed E-state index contributed by atoms with van der Waals surface area (Å²) in [5.41, 5.74) is 2.89. The second-order valence-corrected chi connectivity index (χ2v) is 4.98. The van der Waals surface area contributed by atoms with E-state index in [0.717, 1.165) is 10.0 Å². The van der Waals surface area contributed by atoms with E-state index in [9.17, 15) is 4.79 Å². The molecule has 0 atom stereocenters. The molecule has 0 fully saturated rings. The predicted octanol–water partition coefficient (Wildman–Crippen LogP) is 3.88. The largest absolute Gasteiger partial charge is 0.322 e. The second-order valence-electron chi connectivity index (χ2n) is 4.13. The zero-order valence-corrected chi connectivity index (χ0v) is 11.9. The highest BCUT2D eigenvalue weighted by Crippen LogP contribution is 2.20. The van der Waals surface area contributed by atoms with Gasteiger partial charge in [0.25, 0.3) is 5.91 Å². The third-order valence-corrected chi connectivity index (χ3v) is 3.30. The van der Waals surface area contributed by atoms with E-state index in [2.05, 4.69) is 21.2 Å². The molecule has 1 N–H and O–H groups in total. The predicted molar refractivity (Wildman–Crippen MR) is 78.0 cm³/mol. The lowest BCUT2D eigenvalue weighted by molar-refractivity contribution is 0.102. The molecule has 0 saturated carbocycles. The summed E-state index contributed by atoms with van der Waals surface area (Å²) in [6.45, 7) is 1.97. The summed E-state index contributed by atoms with van der Waals surface area (Å²) in [5.74, 6) is -0.184. The van der Waals surface area contributed by atoms with E-state index in [4.69, 9.17) is 5.26 Å². The minimum Gasteiger partial charge on any atom is -0.322 e. The van der Waals surface area contributed by atoms with Gasteiger partial charge in [-0.1, -0.05) is 6.07 Å². The van der Waals surface area contributed by atoms with Gasteiger partial charge in [0.15, 0.2) is 0 Å². The number of hydrogen-bond donors (Lipinski definition) is 1. The number of nitrogens with one attached hydrogen (secondary N) is 1. The van der Waals surface area contributed by atoms with Crippen molar-refractivity contribution in [1.82, 2.24) is 0 Å². The fourth-order valence-electron chi connectivity index (χ4n) is 1.63. The number of carbonyl (C=O) groups excluding carboxylic acids is 1.